The van der Waals surface area contributed by atoms with Crippen LogP contribution in [0.4, 0.5) is 5.82 Å². The third-order valence-corrected chi connectivity index (χ3v) is 5.86. The normalized spacial score (nSPS) is 15.5. The number of nitrogens with zero attached hydrogens (tertiary/aromatic N) is 6. The van der Waals surface area contributed by atoms with Gasteiger partial charge in [-0.05, 0) is 43.2 Å². The number of hydrogen-bond acceptors (Lipinski definition) is 6. The fraction of sp³-hybridized carbons (Fsp3) is 0.292. The van der Waals surface area contributed by atoms with Crippen LogP contribution in [0.1, 0.15) is 40.0 Å². The van der Waals surface area contributed by atoms with Crippen LogP contribution in [0.25, 0.3) is 11.5 Å². The van der Waals surface area contributed by atoms with E-state index in [1.54, 1.807) is 30.5 Å². The number of rotatable bonds is 3. The van der Waals surface area contributed by atoms with Gasteiger partial charge in [-0.25, -0.2) is 9.97 Å². The fourth-order valence-electron chi connectivity index (χ4n) is 4.27. The summed E-state index contributed by atoms with van der Waals surface area (Å²) in [5.41, 5.74) is 3.81. The Morgan fingerprint density at radius 3 is 2.68 bits per heavy atom. The Morgan fingerprint density at radius 2 is 1.90 bits per heavy atom. The first-order valence-corrected chi connectivity index (χ1v) is 10.6. The highest BCUT2D eigenvalue weighted by molar-refractivity contribution is 5.94. The van der Waals surface area contributed by atoms with Gasteiger partial charge in [0.05, 0.1) is 23.9 Å². The van der Waals surface area contributed by atoms with Crippen molar-refractivity contribution in [2.75, 3.05) is 24.5 Å². The van der Waals surface area contributed by atoms with E-state index < -0.39 is 0 Å². The van der Waals surface area contributed by atoms with E-state index in [-0.39, 0.29) is 5.91 Å². The SMILES string of the molecule is N#Cc1cccc(C(=O)N2CCc3nc(-c4ccccn4)nc(N4CCCC4)c3C2)c1. The lowest BCUT2D eigenvalue weighted by Crippen LogP contribution is -2.38. The summed E-state index contributed by atoms with van der Waals surface area (Å²) < 4.78 is 0. The van der Waals surface area contributed by atoms with E-state index in [0.717, 1.165) is 48.7 Å². The van der Waals surface area contributed by atoms with Crippen molar-refractivity contribution in [3.8, 4) is 17.6 Å². The number of nitriles is 1. The highest BCUT2D eigenvalue weighted by atomic mass is 16.2. The third-order valence-electron chi connectivity index (χ3n) is 5.86. The number of aromatic nitrogens is 3. The van der Waals surface area contributed by atoms with Crippen LogP contribution in [0.2, 0.25) is 0 Å². The van der Waals surface area contributed by atoms with Crippen molar-refractivity contribution in [3.05, 3.63) is 71.0 Å². The quantitative estimate of drug-likeness (QED) is 0.659. The van der Waals surface area contributed by atoms with Crippen LogP contribution < -0.4 is 4.90 Å². The molecule has 0 N–H and O–H groups in total. The molecule has 2 aromatic heterocycles. The molecule has 0 aliphatic carbocycles. The number of carbonyl (C=O) groups is 1. The van der Waals surface area contributed by atoms with Gasteiger partial charge in [0, 0.05) is 43.4 Å². The lowest BCUT2D eigenvalue weighted by atomic mass is 10.0. The van der Waals surface area contributed by atoms with Gasteiger partial charge in [-0.15, -0.1) is 0 Å². The lowest BCUT2D eigenvalue weighted by Gasteiger charge is -2.32. The van der Waals surface area contributed by atoms with E-state index in [9.17, 15) is 4.79 Å². The van der Waals surface area contributed by atoms with Gasteiger partial charge in [0.15, 0.2) is 5.82 Å². The molecular formula is C24H22N6O. The molecule has 2 aliphatic heterocycles. The van der Waals surface area contributed by atoms with Gasteiger partial charge < -0.3 is 9.80 Å². The monoisotopic (exact) mass is 410 g/mol. The van der Waals surface area contributed by atoms with Gasteiger partial charge in [-0.2, -0.15) is 5.26 Å². The summed E-state index contributed by atoms with van der Waals surface area (Å²) in [7, 11) is 0. The summed E-state index contributed by atoms with van der Waals surface area (Å²) in [5, 5.41) is 9.16. The van der Waals surface area contributed by atoms with Crippen LogP contribution in [-0.2, 0) is 13.0 Å². The molecule has 1 fully saturated rings. The van der Waals surface area contributed by atoms with Crippen molar-refractivity contribution in [1.29, 1.82) is 5.26 Å². The van der Waals surface area contributed by atoms with E-state index in [2.05, 4.69) is 16.0 Å². The zero-order valence-corrected chi connectivity index (χ0v) is 17.2. The van der Waals surface area contributed by atoms with E-state index in [1.807, 2.05) is 23.1 Å². The zero-order chi connectivity index (χ0) is 21.2. The smallest absolute Gasteiger partial charge is 0.254 e. The Kier molecular flexibility index (Phi) is 5.04. The number of benzene rings is 1. The first kappa shape index (κ1) is 19.2. The van der Waals surface area contributed by atoms with Crippen molar-refractivity contribution < 1.29 is 4.79 Å². The second-order valence-electron chi connectivity index (χ2n) is 7.87. The molecule has 0 bridgehead atoms. The van der Waals surface area contributed by atoms with Gasteiger partial charge in [0.2, 0.25) is 0 Å². The minimum absolute atomic E-state index is 0.0658. The van der Waals surface area contributed by atoms with Gasteiger partial charge in [-0.1, -0.05) is 12.1 Å². The maximum Gasteiger partial charge on any atom is 0.254 e. The summed E-state index contributed by atoms with van der Waals surface area (Å²) in [6.45, 7) is 2.98. The van der Waals surface area contributed by atoms with Gasteiger partial charge in [0.25, 0.3) is 5.91 Å². The standard InChI is InChI=1S/C24H22N6O/c25-15-17-6-5-7-18(14-17)24(31)30-13-9-20-19(16-30)23(29-11-3-4-12-29)28-22(27-20)21-8-1-2-10-26-21/h1-2,5-8,10,14H,3-4,9,11-13,16H2. The number of hydrogen-bond donors (Lipinski definition) is 0. The number of carbonyl (C=O) groups excluding carboxylic acids is 1. The molecule has 0 saturated carbocycles. The molecule has 154 valence electrons. The Labute approximate surface area is 181 Å². The van der Waals surface area contributed by atoms with Gasteiger partial charge in [0.1, 0.15) is 11.5 Å². The minimum atomic E-state index is -0.0658. The highest BCUT2D eigenvalue weighted by Crippen LogP contribution is 2.31. The van der Waals surface area contributed by atoms with E-state index >= 15 is 0 Å². The number of fused-ring (bicyclic) bond motifs is 1. The van der Waals surface area contributed by atoms with Gasteiger partial charge in [-0.3, -0.25) is 9.78 Å². The summed E-state index contributed by atoms with van der Waals surface area (Å²) in [6, 6.07) is 14.7. The van der Waals surface area contributed by atoms with Crippen molar-refractivity contribution in [2.24, 2.45) is 0 Å². The van der Waals surface area contributed by atoms with Crippen LogP contribution >= 0.6 is 0 Å². The molecule has 0 radical (unpaired) electrons. The predicted octanol–water partition coefficient (Wildman–Crippen LogP) is 3.21. The molecule has 1 saturated heterocycles. The third kappa shape index (κ3) is 3.73. The van der Waals surface area contributed by atoms with Crippen molar-refractivity contribution >= 4 is 11.7 Å². The van der Waals surface area contributed by atoms with Crippen LogP contribution in [0.15, 0.2) is 48.7 Å². The fourth-order valence-corrected chi connectivity index (χ4v) is 4.27. The minimum Gasteiger partial charge on any atom is -0.356 e. The van der Waals surface area contributed by atoms with E-state index in [1.165, 1.54) is 0 Å². The molecule has 0 unspecified atom stereocenters. The van der Waals surface area contributed by atoms with Crippen molar-refractivity contribution in [1.82, 2.24) is 19.9 Å². The van der Waals surface area contributed by atoms with Gasteiger partial charge >= 0.3 is 0 Å². The molecule has 5 rings (SSSR count). The lowest BCUT2D eigenvalue weighted by molar-refractivity contribution is 0.0733. The van der Waals surface area contributed by atoms with E-state index in [0.29, 0.717) is 36.5 Å². The molecular weight excluding hydrogens is 388 g/mol. The molecule has 7 nitrogen and oxygen atoms in total. The first-order chi connectivity index (χ1) is 15.2. The molecule has 3 aromatic rings. The van der Waals surface area contributed by atoms with Crippen LogP contribution in [0.5, 0.6) is 0 Å². The summed E-state index contributed by atoms with van der Waals surface area (Å²) in [4.78, 5) is 31.5. The highest BCUT2D eigenvalue weighted by Gasteiger charge is 2.29. The topological polar surface area (TPSA) is 86.0 Å². The maximum atomic E-state index is 13.2. The summed E-state index contributed by atoms with van der Waals surface area (Å²) in [6.07, 6.45) is 4.70. The Balaban J connectivity index is 1.51. The number of anilines is 1. The van der Waals surface area contributed by atoms with E-state index in [4.69, 9.17) is 15.2 Å². The Bertz CT molecular complexity index is 1160. The van der Waals surface area contributed by atoms with Crippen molar-refractivity contribution in [3.63, 3.8) is 0 Å². The van der Waals surface area contributed by atoms with Crippen LogP contribution in [0, 0.1) is 11.3 Å². The Morgan fingerprint density at radius 1 is 1.03 bits per heavy atom. The largest absolute Gasteiger partial charge is 0.356 e. The molecule has 4 heterocycles. The molecule has 7 heteroatoms. The summed E-state index contributed by atoms with van der Waals surface area (Å²) in [5.74, 6) is 1.50. The second-order valence-corrected chi connectivity index (χ2v) is 7.87. The summed E-state index contributed by atoms with van der Waals surface area (Å²) >= 11 is 0. The molecule has 0 atom stereocenters. The maximum absolute atomic E-state index is 13.2. The Hall–Kier alpha value is -3.79. The zero-order valence-electron chi connectivity index (χ0n) is 17.2. The molecule has 31 heavy (non-hydrogen) atoms. The molecule has 2 aliphatic rings. The molecule has 1 aromatic carbocycles. The van der Waals surface area contributed by atoms with Crippen LogP contribution in [-0.4, -0.2) is 45.4 Å². The predicted molar refractivity (Wildman–Crippen MR) is 116 cm³/mol. The van der Waals surface area contributed by atoms with Crippen LogP contribution in [0.3, 0.4) is 0 Å². The second kappa shape index (κ2) is 8.15. The first-order valence-electron chi connectivity index (χ1n) is 10.6. The molecule has 1 amide bonds. The van der Waals surface area contributed by atoms with Crippen molar-refractivity contribution in [2.45, 2.75) is 25.8 Å². The average Bonchev–Trinajstić information content (AvgIpc) is 3.38. The molecule has 0 spiro atoms. The average molecular weight is 410 g/mol. The number of pyridine rings is 1. The number of amides is 1.